The van der Waals surface area contributed by atoms with E-state index in [1.165, 1.54) is 6.26 Å². The maximum absolute atomic E-state index is 13.2. The minimum Gasteiger partial charge on any atom is -0.352 e. The normalized spacial score (nSPS) is 18.3. The van der Waals surface area contributed by atoms with Crippen LogP contribution in [-0.2, 0) is 53.3 Å². The van der Waals surface area contributed by atoms with Crippen molar-refractivity contribution in [1.82, 2.24) is 104 Å². The molecule has 8 aromatic heterocycles. The predicted octanol–water partition coefficient (Wildman–Crippen LogP) is 10.8. The van der Waals surface area contributed by atoms with Gasteiger partial charge in [0.05, 0.1) is 56.8 Å². The highest BCUT2D eigenvalue weighted by Gasteiger charge is 2.43. The standard InChI is InChI=1S/C33H36ClN7O2S.C24H29N7O2S.C23H26BrN7/c34-29-28-31(22-9-3-1-4-10-22)38-41(33(28)37-36-32(29)23-11-5-2-6-12-23)21-39-15-17-40(18-16-39)27(43)14-8-7-13-25-30-24(20-44-25)19-26(42)35-30;1-28-12-14-30(15-13-28)16-17-31-24-20(22(27-31)19-10-7-11-29(19)2)23(34(3,32)33)21(25-26-24)18-8-5-4-6-9-18;1-28-11-13-30(14-12-28)15-16-31-23-19(22(27-31)18-9-6-10-29(18)2)20(24)21(25-26-23)17-7-4-3-5-8-17/h1-6,9-12,24-25,30H,7-8,13-21H2,(H,35,42);4-11H,12-17H2,1-3H3;3-10H,11-16H2,1-2H3/t24-,25?,30-;;/m0../s1. The molecule has 29 heteroatoms. The number of benzene rings is 4. The number of fused-ring (bicyclic) bond motifs is 4. The minimum atomic E-state index is -3.64. The molecule has 5 saturated heterocycles. The van der Waals surface area contributed by atoms with Gasteiger partial charge in [0.1, 0.15) is 39.1 Å². The van der Waals surface area contributed by atoms with Crippen molar-refractivity contribution in [2.75, 3.05) is 118 Å². The third kappa shape index (κ3) is 16.7. The van der Waals surface area contributed by atoms with Crippen LogP contribution in [0.3, 0.4) is 0 Å². The molecule has 5 fully saturated rings. The second kappa shape index (κ2) is 33.6. The van der Waals surface area contributed by atoms with Gasteiger partial charge in [-0.05, 0) is 78.8 Å². The van der Waals surface area contributed by atoms with Gasteiger partial charge in [-0.15, -0.1) is 30.6 Å². The van der Waals surface area contributed by atoms with Gasteiger partial charge in [-0.25, -0.2) is 22.5 Å². The highest BCUT2D eigenvalue weighted by Crippen LogP contribution is 2.43. The summed E-state index contributed by atoms with van der Waals surface area (Å²) in [6, 6.07) is 47.7. The largest absolute Gasteiger partial charge is 0.352 e. The summed E-state index contributed by atoms with van der Waals surface area (Å²) in [6.45, 7) is 15.1. The lowest BCUT2D eigenvalue weighted by molar-refractivity contribution is -0.133. The number of hydrogen-bond donors (Lipinski definition) is 1. The van der Waals surface area contributed by atoms with Crippen molar-refractivity contribution in [2.24, 2.45) is 20.0 Å². The molecule has 109 heavy (non-hydrogen) atoms. The fraction of sp³-hybridized carbons (Fsp3) is 0.388. The lowest BCUT2D eigenvalue weighted by Gasteiger charge is -2.34. The van der Waals surface area contributed by atoms with Crippen molar-refractivity contribution in [3.8, 4) is 67.8 Å². The maximum atomic E-state index is 13.2. The van der Waals surface area contributed by atoms with E-state index >= 15 is 0 Å². The lowest BCUT2D eigenvalue weighted by Crippen LogP contribution is -2.49. The zero-order valence-electron chi connectivity index (χ0n) is 62.2. The molecule has 0 radical (unpaired) electrons. The number of halogens is 2. The van der Waals surface area contributed by atoms with Gasteiger partial charge in [-0.3, -0.25) is 24.3 Å². The molecular weight excluding hydrogens is 1500 g/mol. The minimum absolute atomic E-state index is 0.172. The Kier molecular flexibility index (Phi) is 23.2. The van der Waals surface area contributed by atoms with Crippen LogP contribution in [0.2, 0.25) is 5.02 Å². The summed E-state index contributed by atoms with van der Waals surface area (Å²) in [5, 5.41) is 48.7. The van der Waals surface area contributed by atoms with Crippen LogP contribution >= 0.6 is 39.3 Å². The molecule has 13 heterocycles. The van der Waals surface area contributed by atoms with Crippen molar-refractivity contribution in [3.05, 3.63) is 167 Å². The molecule has 3 atom stereocenters. The Bertz CT molecular complexity index is 5290. The van der Waals surface area contributed by atoms with Crippen LogP contribution in [0.5, 0.6) is 0 Å². The predicted molar refractivity (Wildman–Crippen MR) is 433 cm³/mol. The Labute approximate surface area is 652 Å². The summed E-state index contributed by atoms with van der Waals surface area (Å²) in [5.41, 5.74) is 11.6. The second-order valence-electron chi connectivity index (χ2n) is 29.0. The molecule has 5 aliphatic rings. The summed E-state index contributed by atoms with van der Waals surface area (Å²) in [6.07, 6.45) is 9.45. The van der Waals surface area contributed by atoms with Gasteiger partial charge in [0.25, 0.3) is 0 Å². The van der Waals surface area contributed by atoms with E-state index < -0.39 is 9.84 Å². The third-order valence-electron chi connectivity index (χ3n) is 21.6. The van der Waals surface area contributed by atoms with Crippen molar-refractivity contribution in [2.45, 2.75) is 68.0 Å². The van der Waals surface area contributed by atoms with Crippen LogP contribution in [0.4, 0.5) is 0 Å². The van der Waals surface area contributed by atoms with Crippen LogP contribution < -0.4 is 5.32 Å². The van der Waals surface area contributed by atoms with E-state index in [0.717, 1.165) is 176 Å². The molecule has 25 nitrogen and oxygen atoms in total. The molecule has 17 rings (SSSR count). The number of aryl methyl sites for hydroxylation is 2. The Balaban J connectivity index is 0.000000133. The summed E-state index contributed by atoms with van der Waals surface area (Å²) >= 11 is 12.9. The molecule has 566 valence electrons. The number of likely N-dealkylation sites (N-methyl/N-ethyl adjacent to an activating group) is 2. The molecule has 4 aromatic carbocycles. The van der Waals surface area contributed by atoms with Gasteiger partial charge in [0.2, 0.25) is 11.8 Å². The van der Waals surface area contributed by atoms with E-state index in [9.17, 15) is 18.0 Å². The number of carbonyl (C=O) groups is 2. The van der Waals surface area contributed by atoms with Crippen LogP contribution in [0, 0.1) is 5.92 Å². The summed E-state index contributed by atoms with van der Waals surface area (Å²) in [4.78, 5) is 38.8. The number of thioether (sulfide) groups is 1. The number of hydrogen-bond acceptors (Lipinski definition) is 19. The Morgan fingerprint density at radius 2 is 0.972 bits per heavy atom. The SMILES string of the molecule is CN1CCN(CCn2nc(-c3cccn3C)c3c(Br)c(-c4ccccc4)nnc32)CC1.CN1CCN(CCn2nc(-c3cccn3C)c3c(S(C)(=O)=O)c(-c4ccccc4)nnc32)CC1.O=C1C[C@H]2CSC(CCCCC(=O)N3CCN(Cn4nc(-c5ccccc5)c5c(Cl)c(-c6ccccc6)nnc54)CC3)[C@H]2N1. The van der Waals surface area contributed by atoms with E-state index in [-0.39, 0.29) is 16.7 Å². The monoisotopic (exact) mass is 1590 g/mol. The van der Waals surface area contributed by atoms with Crippen molar-refractivity contribution in [3.63, 3.8) is 0 Å². The fourth-order valence-electron chi connectivity index (χ4n) is 15.4. The zero-order valence-corrected chi connectivity index (χ0v) is 66.1. The molecular formula is C80H91BrClN21O4S2. The van der Waals surface area contributed by atoms with Gasteiger partial charge in [-0.1, -0.05) is 139 Å². The Hall–Kier alpha value is -9.10. The lowest BCUT2D eigenvalue weighted by atomic mass is 9.97. The highest BCUT2D eigenvalue weighted by atomic mass is 79.9. The van der Waals surface area contributed by atoms with Gasteiger partial charge in [0, 0.05) is 171 Å². The first kappa shape index (κ1) is 75.3. The van der Waals surface area contributed by atoms with Crippen molar-refractivity contribution < 1.29 is 18.0 Å². The van der Waals surface area contributed by atoms with Crippen molar-refractivity contribution >= 4 is 94.0 Å². The Morgan fingerprint density at radius 3 is 1.50 bits per heavy atom. The number of nitrogens with zero attached hydrogens (tertiary/aromatic N) is 20. The van der Waals surface area contributed by atoms with Gasteiger partial charge < -0.3 is 29.2 Å². The van der Waals surface area contributed by atoms with E-state index in [1.54, 1.807) is 0 Å². The number of sulfone groups is 1. The number of nitrogens with one attached hydrogen (secondary N) is 1. The first-order valence-corrected chi connectivity index (χ1v) is 41.6. The third-order valence-corrected chi connectivity index (χ3v) is 25.4. The maximum Gasteiger partial charge on any atom is 0.222 e. The molecule has 0 saturated carbocycles. The fourth-order valence-corrected chi connectivity index (χ4v) is 19.1. The molecule has 1 unspecified atom stereocenters. The van der Waals surface area contributed by atoms with Crippen LogP contribution in [0.15, 0.2) is 167 Å². The quantitative estimate of drug-likeness (QED) is 0.0698. The smallest absolute Gasteiger partial charge is 0.222 e. The van der Waals surface area contributed by atoms with Crippen LogP contribution in [-0.4, -0.2) is 248 Å². The van der Waals surface area contributed by atoms with E-state index in [4.69, 9.17) is 26.9 Å². The van der Waals surface area contributed by atoms with Crippen molar-refractivity contribution in [1.29, 1.82) is 0 Å². The number of piperazine rings is 3. The topological polar surface area (TPSA) is 240 Å². The summed E-state index contributed by atoms with van der Waals surface area (Å²) < 4.78 is 37.0. The van der Waals surface area contributed by atoms with E-state index in [2.05, 4.69) is 113 Å². The van der Waals surface area contributed by atoms with Crippen LogP contribution in [0.25, 0.3) is 101 Å². The van der Waals surface area contributed by atoms with Crippen LogP contribution in [0.1, 0.15) is 32.1 Å². The number of aromatic nitrogens is 14. The zero-order chi connectivity index (χ0) is 75.3. The first-order chi connectivity index (χ1) is 53.0. The van der Waals surface area contributed by atoms with E-state index in [1.807, 2.05) is 189 Å². The molecule has 0 aliphatic carbocycles. The number of carbonyl (C=O) groups excluding carboxylic acids is 2. The highest BCUT2D eigenvalue weighted by molar-refractivity contribution is 9.10. The average Bonchev–Trinajstić information content (AvgIpc) is 1.62. The molecule has 0 spiro atoms. The Morgan fingerprint density at radius 1 is 0.514 bits per heavy atom. The molecule has 12 aromatic rings. The number of amides is 2. The van der Waals surface area contributed by atoms with E-state index in [0.29, 0.717) is 101 Å². The van der Waals surface area contributed by atoms with Gasteiger partial charge >= 0.3 is 0 Å². The molecule has 0 bridgehead atoms. The summed E-state index contributed by atoms with van der Waals surface area (Å²) in [5.74, 6) is 2.01. The number of rotatable bonds is 20. The second-order valence-corrected chi connectivity index (χ2v) is 33.4. The van der Waals surface area contributed by atoms with Gasteiger partial charge in [0.15, 0.2) is 26.8 Å². The molecule has 5 aliphatic heterocycles. The van der Waals surface area contributed by atoms with Gasteiger partial charge in [-0.2, -0.15) is 27.1 Å². The number of unbranched alkanes of at least 4 members (excludes halogenated alkanes) is 1. The molecule has 1 N–H and O–H groups in total. The average molecular weight is 1590 g/mol. The molecule has 2 amide bonds. The first-order valence-electron chi connectivity index (χ1n) is 37.5. The summed E-state index contributed by atoms with van der Waals surface area (Å²) in [7, 11) is 4.65.